The molecule has 3 nitrogen and oxygen atoms in total. The molecule has 0 aliphatic heterocycles. The first kappa shape index (κ1) is 22.6. The summed E-state index contributed by atoms with van der Waals surface area (Å²) < 4.78 is 5.22. The molecular formula is C18H33BrN2OS. The first-order valence-electron chi connectivity index (χ1n) is 8.78. The van der Waals surface area contributed by atoms with Crippen LogP contribution in [0.15, 0.2) is 27.8 Å². The second-order valence-corrected chi connectivity index (χ2v) is 6.88. The van der Waals surface area contributed by atoms with E-state index in [4.69, 9.17) is 10.2 Å². The highest BCUT2D eigenvalue weighted by Gasteiger charge is 1.97. The van der Waals surface area contributed by atoms with E-state index in [1.165, 1.54) is 64.2 Å². The minimum atomic E-state index is 0. The van der Waals surface area contributed by atoms with Crippen LogP contribution in [0.4, 0.5) is 0 Å². The summed E-state index contributed by atoms with van der Waals surface area (Å²) in [6.07, 6.45) is 15.4. The van der Waals surface area contributed by atoms with Crippen LogP contribution < -0.4 is 5.73 Å². The summed E-state index contributed by atoms with van der Waals surface area (Å²) in [5.41, 5.74) is 5.88. The molecule has 0 unspecified atom stereocenters. The number of rotatable bonds is 13. The van der Waals surface area contributed by atoms with Crippen molar-refractivity contribution in [2.75, 3.05) is 5.75 Å². The van der Waals surface area contributed by atoms with Gasteiger partial charge in [-0.05, 0) is 18.6 Å². The van der Waals surface area contributed by atoms with Crippen LogP contribution in [0.5, 0.6) is 0 Å². The summed E-state index contributed by atoms with van der Waals surface area (Å²) in [4.78, 5) is 4.31. The Morgan fingerprint density at radius 3 is 2.22 bits per heavy atom. The van der Waals surface area contributed by atoms with Gasteiger partial charge < -0.3 is 10.2 Å². The minimum absolute atomic E-state index is 0. The number of nitrogens with zero attached hydrogens (tertiary/aromatic N) is 1. The monoisotopic (exact) mass is 404 g/mol. The first-order chi connectivity index (χ1) is 10.8. The lowest BCUT2D eigenvalue weighted by atomic mass is 10.1. The molecular weight excluding hydrogens is 372 g/mol. The normalized spacial score (nSPS) is 11.4. The molecule has 1 rings (SSSR count). The third-order valence-corrected chi connectivity index (χ3v) is 4.64. The molecule has 2 N–H and O–H groups in total. The largest absolute Gasteiger partial charge is 0.467 e. The van der Waals surface area contributed by atoms with E-state index in [-0.39, 0.29) is 17.0 Å². The number of hydrogen-bond donors (Lipinski definition) is 1. The zero-order valence-corrected chi connectivity index (χ0v) is 17.0. The molecule has 0 atom stereocenters. The predicted molar refractivity (Wildman–Crippen MR) is 109 cm³/mol. The molecule has 5 heteroatoms. The topological polar surface area (TPSA) is 51.5 Å². The van der Waals surface area contributed by atoms with Crippen molar-refractivity contribution < 1.29 is 4.42 Å². The fourth-order valence-electron chi connectivity index (χ4n) is 2.37. The highest BCUT2D eigenvalue weighted by atomic mass is 79.9. The van der Waals surface area contributed by atoms with Crippen LogP contribution in [0.25, 0.3) is 0 Å². The summed E-state index contributed by atoms with van der Waals surface area (Å²) in [6.45, 7) is 2.82. The number of thioether (sulfide) groups is 1. The third kappa shape index (κ3) is 13.7. The van der Waals surface area contributed by atoms with Crippen LogP contribution in [0.2, 0.25) is 0 Å². The van der Waals surface area contributed by atoms with E-state index in [9.17, 15) is 0 Å². The molecule has 1 aromatic rings. The number of amidine groups is 1. The van der Waals surface area contributed by atoms with Gasteiger partial charge in [-0.25, -0.2) is 0 Å². The molecule has 0 fully saturated rings. The Balaban J connectivity index is 0.00000484. The fourth-order valence-corrected chi connectivity index (χ4v) is 3.08. The van der Waals surface area contributed by atoms with Gasteiger partial charge in [0, 0.05) is 5.75 Å². The Bertz CT molecular complexity index is 382. The number of aliphatic imine (C=N–C) groups is 1. The van der Waals surface area contributed by atoms with Gasteiger partial charge in [-0.1, -0.05) is 76.5 Å². The molecule has 1 heterocycles. The average molecular weight is 405 g/mol. The van der Waals surface area contributed by atoms with Gasteiger partial charge >= 0.3 is 0 Å². The Morgan fingerprint density at radius 1 is 1.04 bits per heavy atom. The van der Waals surface area contributed by atoms with E-state index in [0.717, 1.165) is 11.5 Å². The van der Waals surface area contributed by atoms with E-state index in [2.05, 4.69) is 11.9 Å². The zero-order valence-electron chi connectivity index (χ0n) is 14.5. The van der Waals surface area contributed by atoms with Gasteiger partial charge in [-0.3, -0.25) is 4.99 Å². The SMILES string of the molecule is Br.CCCCCCCCCCCCSC(N)=NCc1ccco1. The van der Waals surface area contributed by atoms with Crippen molar-refractivity contribution in [2.24, 2.45) is 10.7 Å². The highest BCUT2D eigenvalue weighted by molar-refractivity contribution is 8.93. The van der Waals surface area contributed by atoms with Gasteiger partial charge in [0.15, 0.2) is 5.17 Å². The summed E-state index contributed by atoms with van der Waals surface area (Å²) in [7, 11) is 0. The molecule has 23 heavy (non-hydrogen) atoms. The predicted octanol–water partition coefficient (Wildman–Crippen LogP) is 6.33. The van der Waals surface area contributed by atoms with Gasteiger partial charge in [0.05, 0.1) is 12.8 Å². The summed E-state index contributed by atoms with van der Waals surface area (Å²) >= 11 is 1.66. The van der Waals surface area contributed by atoms with Crippen LogP contribution in [-0.2, 0) is 6.54 Å². The molecule has 0 radical (unpaired) electrons. The van der Waals surface area contributed by atoms with Crippen molar-refractivity contribution in [1.29, 1.82) is 0 Å². The lowest BCUT2D eigenvalue weighted by Crippen LogP contribution is -2.07. The number of furan rings is 1. The van der Waals surface area contributed by atoms with Crippen molar-refractivity contribution in [3.63, 3.8) is 0 Å². The van der Waals surface area contributed by atoms with Crippen molar-refractivity contribution >= 4 is 33.9 Å². The number of halogens is 1. The summed E-state index contributed by atoms with van der Waals surface area (Å²) in [5, 5.41) is 0.673. The van der Waals surface area contributed by atoms with Gasteiger partial charge in [-0.15, -0.1) is 17.0 Å². The fraction of sp³-hybridized carbons (Fsp3) is 0.722. The molecule has 1 aromatic heterocycles. The number of nitrogens with two attached hydrogens (primary N) is 1. The van der Waals surface area contributed by atoms with Gasteiger partial charge in [-0.2, -0.15) is 0 Å². The molecule has 0 aliphatic carbocycles. The molecule has 0 aliphatic rings. The maximum Gasteiger partial charge on any atom is 0.154 e. The quantitative estimate of drug-likeness (QED) is 0.237. The van der Waals surface area contributed by atoms with Crippen LogP contribution in [0, 0.1) is 0 Å². The molecule has 0 saturated heterocycles. The highest BCUT2D eigenvalue weighted by Crippen LogP contribution is 2.12. The zero-order chi connectivity index (χ0) is 15.9. The second-order valence-electron chi connectivity index (χ2n) is 5.76. The first-order valence-corrected chi connectivity index (χ1v) is 9.76. The summed E-state index contributed by atoms with van der Waals surface area (Å²) in [5.74, 6) is 1.94. The Kier molecular flexibility index (Phi) is 16.1. The second kappa shape index (κ2) is 16.4. The summed E-state index contributed by atoms with van der Waals surface area (Å²) in [6, 6.07) is 3.79. The van der Waals surface area contributed by atoms with E-state index in [1.54, 1.807) is 18.0 Å². The lowest BCUT2D eigenvalue weighted by Gasteiger charge is -2.03. The van der Waals surface area contributed by atoms with E-state index in [0.29, 0.717) is 11.7 Å². The Hall–Kier alpha value is -0.420. The molecule has 0 aromatic carbocycles. The lowest BCUT2D eigenvalue weighted by molar-refractivity contribution is 0.513. The van der Waals surface area contributed by atoms with Gasteiger partial charge in [0.25, 0.3) is 0 Å². The molecule has 0 bridgehead atoms. The van der Waals surface area contributed by atoms with Gasteiger partial charge in [0.2, 0.25) is 0 Å². The van der Waals surface area contributed by atoms with Crippen molar-refractivity contribution in [1.82, 2.24) is 0 Å². The van der Waals surface area contributed by atoms with E-state index >= 15 is 0 Å². The average Bonchev–Trinajstić information content (AvgIpc) is 3.04. The van der Waals surface area contributed by atoms with Crippen LogP contribution in [-0.4, -0.2) is 10.9 Å². The molecule has 0 spiro atoms. The van der Waals surface area contributed by atoms with Crippen LogP contribution in [0.1, 0.15) is 76.9 Å². The van der Waals surface area contributed by atoms with E-state index in [1.807, 2.05) is 12.1 Å². The Morgan fingerprint density at radius 2 is 1.65 bits per heavy atom. The molecule has 134 valence electrons. The van der Waals surface area contributed by atoms with Gasteiger partial charge in [0.1, 0.15) is 5.76 Å². The standard InChI is InChI=1S/C18H32N2OS.BrH/c1-2-3-4-5-6-7-8-9-10-11-15-22-18(19)20-16-17-13-12-14-21-17;/h12-14H,2-11,15-16H2,1H3,(H2,19,20);1H. The third-order valence-electron chi connectivity index (χ3n) is 3.72. The van der Waals surface area contributed by atoms with Crippen LogP contribution in [0.3, 0.4) is 0 Å². The van der Waals surface area contributed by atoms with Crippen molar-refractivity contribution in [3.05, 3.63) is 24.2 Å². The van der Waals surface area contributed by atoms with E-state index < -0.39 is 0 Å². The molecule has 0 amide bonds. The smallest absolute Gasteiger partial charge is 0.154 e. The maximum absolute atomic E-state index is 5.88. The number of unbranched alkanes of at least 4 members (excludes halogenated alkanes) is 9. The maximum atomic E-state index is 5.88. The minimum Gasteiger partial charge on any atom is -0.467 e. The number of hydrogen-bond acceptors (Lipinski definition) is 3. The van der Waals surface area contributed by atoms with Crippen LogP contribution >= 0.6 is 28.7 Å². The van der Waals surface area contributed by atoms with Crippen molar-refractivity contribution in [3.8, 4) is 0 Å². The van der Waals surface area contributed by atoms with Crippen molar-refractivity contribution in [2.45, 2.75) is 77.7 Å². The Labute approximate surface area is 156 Å². The molecule has 0 saturated carbocycles.